The molecule has 0 fully saturated rings. The largest absolute Gasteiger partial charge is 0.465 e. The highest BCUT2D eigenvalue weighted by Crippen LogP contribution is 2.26. The summed E-state index contributed by atoms with van der Waals surface area (Å²) in [7, 11) is 0. The van der Waals surface area contributed by atoms with Crippen LogP contribution >= 0.6 is 15.9 Å². The molecular formula is C12H14BrNO2. The van der Waals surface area contributed by atoms with Gasteiger partial charge in [0.1, 0.15) is 6.04 Å². The van der Waals surface area contributed by atoms with Gasteiger partial charge in [0.25, 0.3) is 0 Å². The summed E-state index contributed by atoms with van der Waals surface area (Å²) in [4.78, 5) is 11.7. The molecule has 3 nitrogen and oxygen atoms in total. The van der Waals surface area contributed by atoms with E-state index in [1.165, 1.54) is 5.56 Å². The van der Waals surface area contributed by atoms with E-state index in [4.69, 9.17) is 4.74 Å². The maximum Gasteiger partial charge on any atom is 0.327 e. The van der Waals surface area contributed by atoms with E-state index in [0.717, 1.165) is 23.0 Å². The van der Waals surface area contributed by atoms with Gasteiger partial charge >= 0.3 is 5.97 Å². The molecule has 0 aliphatic carbocycles. The number of nitrogens with one attached hydrogen (secondary N) is 1. The van der Waals surface area contributed by atoms with Gasteiger partial charge in [-0.1, -0.05) is 22.0 Å². The molecular weight excluding hydrogens is 270 g/mol. The third kappa shape index (κ3) is 2.28. The molecule has 1 aromatic carbocycles. The number of esters is 1. The van der Waals surface area contributed by atoms with Crippen LogP contribution in [0.5, 0.6) is 0 Å². The molecule has 0 amide bonds. The molecule has 0 unspecified atom stereocenters. The van der Waals surface area contributed by atoms with Crippen LogP contribution in [0.25, 0.3) is 0 Å². The summed E-state index contributed by atoms with van der Waals surface area (Å²) < 4.78 is 6.11. The molecule has 0 saturated heterocycles. The molecule has 1 N–H and O–H groups in total. The van der Waals surface area contributed by atoms with Crippen LogP contribution < -0.4 is 5.32 Å². The molecule has 2 rings (SSSR count). The predicted molar refractivity (Wildman–Crippen MR) is 65.2 cm³/mol. The number of hydrogen-bond donors (Lipinski definition) is 1. The zero-order valence-electron chi connectivity index (χ0n) is 9.13. The molecule has 1 atom stereocenters. The first-order valence-corrected chi connectivity index (χ1v) is 6.20. The van der Waals surface area contributed by atoms with Gasteiger partial charge in [-0.25, -0.2) is 4.79 Å². The Bertz CT molecular complexity index is 406. The Labute approximate surface area is 103 Å². The minimum absolute atomic E-state index is 0.189. The average Bonchev–Trinajstić information content (AvgIpc) is 2.28. The van der Waals surface area contributed by atoms with Crippen LogP contribution in [0.1, 0.15) is 24.1 Å². The number of carbonyl (C=O) groups excluding carboxylic acids is 1. The van der Waals surface area contributed by atoms with Crippen molar-refractivity contribution >= 4 is 21.9 Å². The minimum atomic E-state index is -0.309. The normalized spacial score (nSPS) is 19.0. The van der Waals surface area contributed by atoms with Crippen LogP contribution in [0.2, 0.25) is 0 Å². The van der Waals surface area contributed by atoms with Crippen molar-refractivity contribution in [1.82, 2.24) is 5.32 Å². The maximum absolute atomic E-state index is 11.7. The zero-order valence-corrected chi connectivity index (χ0v) is 10.7. The number of rotatable bonds is 2. The average molecular weight is 284 g/mol. The lowest BCUT2D eigenvalue weighted by molar-refractivity contribution is -0.146. The van der Waals surface area contributed by atoms with Gasteiger partial charge in [0.05, 0.1) is 6.61 Å². The number of fused-ring (bicyclic) bond motifs is 1. The van der Waals surface area contributed by atoms with Crippen molar-refractivity contribution in [2.45, 2.75) is 19.4 Å². The number of carbonyl (C=O) groups is 1. The number of ether oxygens (including phenoxy) is 1. The summed E-state index contributed by atoms with van der Waals surface area (Å²) in [6, 6.07) is 5.70. The second-order valence-corrected chi connectivity index (χ2v) is 4.65. The quantitative estimate of drug-likeness (QED) is 0.846. The summed E-state index contributed by atoms with van der Waals surface area (Å²) in [5, 5.41) is 3.19. The molecule has 16 heavy (non-hydrogen) atoms. The maximum atomic E-state index is 11.7. The van der Waals surface area contributed by atoms with Gasteiger partial charge < -0.3 is 10.1 Å². The van der Waals surface area contributed by atoms with Crippen LogP contribution in [0.15, 0.2) is 22.7 Å². The molecule has 1 heterocycles. The Morgan fingerprint density at radius 3 is 3.19 bits per heavy atom. The molecule has 86 valence electrons. The Hall–Kier alpha value is -0.870. The van der Waals surface area contributed by atoms with Gasteiger partial charge in [-0.05, 0) is 36.6 Å². The monoisotopic (exact) mass is 283 g/mol. The summed E-state index contributed by atoms with van der Waals surface area (Å²) in [6.45, 7) is 3.05. The third-order valence-electron chi connectivity index (χ3n) is 2.68. The van der Waals surface area contributed by atoms with E-state index in [-0.39, 0.29) is 12.0 Å². The predicted octanol–water partition coefficient (Wildman–Crippen LogP) is 2.20. The van der Waals surface area contributed by atoms with E-state index in [1.807, 2.05) is 19.1 Å². The number of hydrogen-bond acceptors (Lipinski definition) is 3. The second-order valence-electron chi connectivity index (χ2n) is 3.73. The first-order chi connectivity index (χ1) is 7.72. The fourth-order valence-corrected chi connectivity index (χ4v) is 2.38. The van der Waals surface area contributed by atoms with Crippen LogP contribution in [0, 0.1) is 0 Å². The summed E-state index contributed by atoms with van der Waals surface area (Å²) in [5.74, 6) is -0.189. The highest BCUT2D eigenvalue weighted by Gasteiger charge is 2.26. The Morgan fingerprint density at radius 1 is 1.62 bits per heavy atom. The van der Waals surface area contributed by atoms with Gasteiger partial charge in [-0.15, -0.1) is 0 Å². The van der Waals surface area contributed by atoms with E-state index >= 15 is 0 Å². The fraction of sp³-hybridized carbons (Fsp3) is 0.417. The van der Waals surface area contributed by atoms with Crippen LogP contribution in [-0.2, 0) is 16.0 Å². The topological polar surface area (TPSA) is 38.3 Å². The summed E-state index contributed by atoms with van der Waals surface area (Å²) in [5.41, 5.74) is 2.25. The van der Waals surface area contributed by atoms with Crippen molar-refractivity contribution in [3.63, 3.8) is 0 Å². The highest BCUT2D eigenvalue weighted by molar-refractivity contribution is 9.10. The van der Waals surface area contributed by atoms with Crippen molar-refractivity contribution in [3.8, 4) is 0 Å². The van der Waals surface area contributed by atoms with Crippen molar-refractivity contribution in [2.24, 2.45) is 0 Å². The molecule has 1 aliphatic heterocycles. The fourth-order valence-electron chi connectivity index (χ4n) is 1.97. The van der Waals surface area contributed by atoms with Crippen LogP contribution in [0.3, 0.4) is 0 Å². The van der Waals surface area contributed by atoms with Crippen molar-refractivity contribution in [3.05, 3.63) is 33.8 Å². The lowest BCUT2D eigenvalue weighted by atomic mass is 9.94. The molecule has 4 heteroatoms. The van der Waals surface area contributed by atoms with Crippen molar-refractivity contribution in [2.75, 3.05) is 13.2 Å². The molecule has 0 spiro atoms. The second kappa shape index (κ2) is 4.97. The molecule has 1 aliphatic rings. The molecule has 0 aromatic heterocycles. The van der Waals surface area contributed by atoms with Gasteiger partial charge in [-0.2, -0.15) is 0 Å². The zero-order chi connectivity index (χ0) is 11.5. The molecule has 1 aromatic rings. The van der Waals surface area contributed by atoms with Gasteiger partial charge in [-0.3, -0.25) is 0 Å². The number of benzene rings is 1. The first-order valence-electron chi connectivity index (χ1n) is 5.40. The first kappa shape index (κ1) is 11.6. The van der Waals surface area contributed by atoms with Gasteiger partial charge in [0.15, 0.2) is 0 Å². The summed E-state index contributed by atoms with van der Waals surface area (Å²) in [6.07, 6.45) is 0.949. The SMILES string of the molecule is CCOC(=O)[C@H]1NCCc2cc(Br)ccc21. The molecule has 0 bridgehead atoms. The van der Waals surface area contributed by atoms with Crippen molar-refractivity contribution < 1.29 is 9.53 Å². The lowest BCUT2D eigenvalue weighted by Crippen LogP contribution is -2.36. The van der Waals surface area contributed by atoms with E-state index in [1.54, 1.807) is 0 Å². The Kier molecular flexibility index (Phi) is 3.61. The van der Waals surface area contributed by atoms with Gasteiger partial charge in [0, 0.05) is 11.0 Å². The van der Waals surface area contributed by atoms with Crippen LogP contribution in [-0.4, -0.2) is 19.1 Å². The standard InChI is InChI=1S/C12H14BrNO2/c1-2-16-12(15)11-10-4-3-9(13)7-8(10)5-6-14-11/h3-4,7,11,14H,2,5-6H2,1H3/t11-/m0/s1. The van der Waals surface area contributed by atoms with E-state index in [9.17, 15) is 4.79 Å². The van der Waals surface area contributed by atoms with E-state index < -0.39 is 0 Å². The molecule has 0 radical (unpaired) electrons. The van der Waals surface area contributed by atoms with E-state index in [0.29, 0.717) is 6.61 Å². The highest BCUT2D eigenvalue weighted by atomic mass is 79.9. The third-order valence-corrected chi connectivity index (χ3v) is 3.17. The minimum Gasteiger partial charge on any atom is -0.465 e. The van der Waals surface area contributed by atoms with Crippen molar-refractivity contribution in [1.29, 1.82) is 0 Å². The lowest BCUT2D eigenvalue weighted by Gasteiger charge is -2.25. The summed E-state index contributed by atoms with van der Waals surface area (Å²) >= 11 is 3.44. The Balaban J connectivity index is 2.29. The smallest absolute Gasteiger partial charge is 0.327 e. The molecule has 0 saturated carbocycles. The number of halogens is 1. The van der Waals surface area contributed by atoms with Gasteiger partial charge in [0.2, 0.25) is 0 Å². The Morgan fingerprint density at radius 2 is 2.44 bits per heavy atom. The van der Waals surface area contributed by atoms with E-state index in [2.05, 4.69) is 27.3 Å². The van der Waals surface area contributed by atoms with Crippen LogP contribution in [0.4, 0.5) is 0 Å².